The number of amides is 1. The van der Waals surface area contributed by atoms with Gasteiger partial charge >= 0.3 is 0 Å². The molecule has 1 unspecified atom stereocenters. The maximum Gasteiger partial charge on any atom is 0.257 e. The van der Waals surface area contributed by atoms with Gasteiger partial charge < -0.3 is 5.73 Å². The Morgan fingerprint density at radius 3 is 2.94 bits per heavy atom. The zero-order valence-corrected chi connectivity index (χ0v) is 9.84. The third kappa shape index (κ3) is 2.34. The molecule has 2 rings (SSSR count). The molecule has 0 fully saturated rings. The molecule has 1 aromatic rings. The van der Waals surface area contributed by atoms with Crippen molar-refractivity contribution in [3.05, 3.63) is 24.4 Å². The third-order valence-corrected chi connectivity index (χ3v) is 2.83. The summed E-state index contributed by atoms with van der Waals surface area (Å²) in [6, 6.07) is 5.43. The molecule has 1 aromatic heterocycles. The van der Waals surface area contributed by atoms with E-state index in [1.807, 2.05) is 19.1 Å². The van der Waals surface area contributed by atoms with Crippen molar-refractivity contribution in [3.8, 4) is 0 Å². The highest BCUT2D eigenvalue weighted by Gasteiger charge is 2.34. The van der Waals surface area contributed by atoms with E-state index >= 15 is 0 Å². The van der Waals surface area contributed by atoms with Gasteiger partial charge in [-0.05, 0) is 38.4 Å². The lowest BCUT2D eigenvalue weighted by Crippen LogP contribution is -2.28. The van der Waals surface area contributed by atoms with Crippen LogP contribution in [0.5, 0.6) is 0 Å². The van der Waals surface area contributed by atoms with Crippen molar-refractivity contribution in [1.82, 2.24) is 4.98 Å². The number of carbonyl (C=O) groups is 1. The number of pyridine rings is 1. The quantitative estimate of drug-likeness (QED) is 0.846. The van der Waals surface area contributed by atoms with Crippen LogP contribution in [0.4, 0.5) is 5.82 Å². The van der Waals surface area contributed by atoms with Crippen LogP contribution in [0.3, 0.4) is 0 Å². The highest BCUT2D eigenvalue weighted by Crippen LogP contribution is 2.24. The van der Waals surface area contributed by atoms with Crippen molar-refractivity contribution in [2.45, 2.75) is 19.8 Å². The van der Waals surface area contributed by atoms with Gasteiger partial charge in [-0.2, -0.15) is 10.1 Å². The SMILES string of the molecule is CC1=NN(c2ccccn2)C(=O)C1CCCN. The standard InChI is InChI=1S/C12H16N4O/c1-9-10(5-4-7-13)12(17)16(15-9)11-6-2-3-8-14-11/h2-3,6,8,10H,4-5,7,13H2,1H3. The first kappa shape index (κ1) is 11.7. The van der Waals surface area contributed by atoms with Crippen LogP contribution in [0.25, 0.3) is 0 Å². The minimum atomic E-state index is -0.138. The van der Waals surface area contributed by atoms with Gasteiger partial charge in [-0.3, -0.25) is 4.79 Å². The molecular formula is C12H16N4O. The molecule has 17 heavy (non-hydrogen) atoms. The summed E-state index contributed by atoms with van der Waals surface area (Å²) >= 11 is 0. The monoisotopic (exact) mass is 232 g/mol. The summed E-state index contributed by atoms with van der Waals surface area (Å²) in [7, 11) is 0. The molecule has 0 aliphatic carbocycles. The predicted molar refractivity (Wildman–Crippen MR) is 66.6 cm³/mol. The lowest BCUT2D eigenvalue weighted by molar-refractivity contribution is -0.119. The summed E-state index contributed by atoms with van der Waals surface area (Å²) in [4.78, 5) is 16.3. The Morgan fingerprint density at radius 1 is 1.47 bits per heavy atom. The normalized spacial score (nSPS) is 19.6. The molecule has 5 nitrogen and oxygen atoms in total. The average molecular weight is 232 g/mol. The molecule has 0 radical (unpaired) electrons. The zero-order valence-electron chi connectivity index (χ0n) is 9.84. The smallest absolute Gasteiger partial charge is 0.257 e. The van der Waals surface area contributed by atoms with Crippen molar-refractivity contribution >= 4 is 17.4 Å². The van der Waals surface area contributed by atoms with Crippen LogP contribution in [0.15, 0.2) is 29.5 Å². The molecule has 90 valence electrons. The number of hydrazone groups is 1. The molecule has 1 atom stereocenters. The van der Waals surface area contributed by atoms with Gasteiger partial charge in [-0.1, -0.05) is 6.07 Å². The fourth-order valence-corrected chi connectivity index (χ4v) is 1.90. The van der Waals surface area contributed by atoms with Crippen LogP contribution in [0.1, 0.15) is 19.8 Å². The van der Waals surface area contributed by atoms with E-state index in [0.29, 0.717) is 12.4 Å². The first-order valence-electron chi connectivity index (χ1n) is 5.74. The fraction of sp³-hybridized carbons (Fsp3) is 0.417. The number of carbonyl (C=O) groups excluding carboxylic acids is 1. The first-order chi connectivity index (χ1) is 8.24. The predicted octanol–water partition coefficient (Wildman–Crippen LogP) is 1.16. The molecule has 0 spiro atoms. The number of hydrogen-bond donors (Lipinski definition) is 1. The number of rotatable bonds is 4. The van der Waals surface area contributed by atoms with E-state index in [1.54, 1.807) is 12.3 Å². The second kappa shape index (κ2) is 5.05. The maximum atomic E-state index is 12.2. The molecule has 0 saturated carbocycles. The lowest BCUT2D eigenvalue weighted by atomic mass is 9.98. The topological polar surface area (TPSA) is 71.6 Å². The Hall–Kier alpha value is -1.75. The van der Waals surface area contributed by atoms with E-state index < -0.39 is 0 Å². The van der Waals surface area contributed by atoms with E-state index in [9.17, 15) is 4.79 Å². The van der Waals surface area contributed by atoms with Gasteiger partial charge in [0.2, 0.25) is 0 Å². The van der Waals surface area contributed by atoms with Crippen LogP contribution >= 0.6 is 0 Å². The summed E-state index contributed by atoms with van der Waals surface area (Å²) in [6.07, 6.45) is 3.24. The largest absolute Gasteiger partial charge is 0.330 e. The van der Waals surface area contributed by atoms with Crippen molar-refractivity contribution in [1.29, 1.82) is 0 Å². The zero-order chi connectivity index (χ0) is 12.3. The highest BCUT2D eigenvalue weighted by atomic mass is 16.2. The Labute approximate surface area is 100 Å². The second-order valence-electron chi connectivity index (χ2n) is 4.06. The van der Waals surface area contributed by atoms with Crippen LogP contribution in [-0.2, 0) is 4.79 Å². The van der Waals surface area contributed by atoms with Crippen molar-refractivity contribution in [2.75, 3.05) is 11.6 Å². The van der Waals surface area contributed by atoms with Gasteiger partial charge in [0.25, 0.3) is 5.91 Å². The number of nitrogens with zero attached hydrogens (tertiary/aromatic N) is 3. The summed E-state index contributed by atoms with van der Waals surface area (Å²) in [6.45, 7) is 2.47. The van der Waals surface area contributed by atoms with Crippen LogP contribution < -0.4 is 10.7 Å². The number of aromatic nitrogens is 1. The Morgan fingerprint density at radius 2 is 2.29 bits per heavy atom. The van der Waals surface area contributed by atoms with E-state index in [0.717, 1.165) is 18.6 Å². The molecule has 0 bridgehead atoms. The molecule has 1 amide bonds. The van der Waals surface area contributed by atoms with Gasteiger partial charge in [-0.25, -0.2) is 4.98 Å². The van der Waals surface area contributed by atoms with E-state index in [1.165, 1.54) is 5.01 Å². The van der Waals surface area contributed by atoms with Gasteiger partial charge in [0.05, 0.1) is 5.92 Å². The molecule has 1 aliphatic rings. The molecule has 0 saturated heterocycles. The van der Waals surface area contributed by atoms with Gasteiger partial charge in [0, 0.05) is 11.9 Å². The molecule has 2 N–H and O–H groups in total. The van der Waals surface area contributed by atoms with Crippen molar-refractivity contribution in [3.63, 3.8) is 0 Å². The van der Waals surface area contributed by atoms with Crippen LogP contribution in [0, 0.1) is 5.92 Å². The Bertz CT molecular complexity index is 429. The average Bonchev–Trinajstić information content (AvgIpc) is 2.64. The number of hydrogen-bond acceptors (Lipinski definition) is 4. The van der Waals surface area contributed by atoms with Crippen molar-refractivity contribution in [2.24, 2.45) is 16.8 Å². The molecule has 0 aromatic carbocycles. The van der Waals surface area contributed by atoms with Crippen LogP contribution in [0.2, 0.25) is 0 Å². The molecule has 2 heterocycles. The van der Waals surface area contributed by atoms with Crippen molar-refractivity contribution < 1.29 is 4.79 Å². The Balaban J connectivity index is 2.16. The van der Waals surface area contributed by atoms with Gasteiger partial charge in [0.1, 0.15) is 0 Å². The third-order valence-electron chi connectivity index (χ3n) is 2.83. The van der Waals surface area contributed by atoms with Gasteiger partial charge in [-0.15, -0.1) is 0 Å². The molecule has 1 aliphatic heterocycles. The van der Waals surface area contributed by atoms with Crippen LogP contribution in [-0.4, -0.2) is 23.1 Å². The number of anilines is 1. The maximum absolute atomic E-state index is 12.2. The second-order valence-corrected chi connectivity index (χ2v) is 4.06. The summed E-state index contributed by atoms with van der Waals surface area (Å²) < 4.78 is 0. The first-order valence-corrected chi connectivity index (χ1v) is 5.74. The Kier molecular flexibility index (Phi) is 3.49. The summed E-state index contributed by atoms with van der Waals surface area (Å²) in [5.74, 6) is 0.433. The molecule has 5 heteroatoms. The summed E-state index contributed by atoms with van der Waals surface area (Å²) in [5.41, 5.74) is 6.31. The minimum absolute atomic E-state index is 0.00495. The fourth-order valence-electron chi connectivity index (χ4n) is 1.90. The van der Waals surface area contributed by atoms with E-state index in [-0.39, 0.29) is 11.8 Å². The molecular weight excluding hydrogens is 216 g/mol. The highest BCUT2D eigenvalue weighted by molar-refractivity contribution is 6.14. The van der Waals surface area contributed by atoms with Gasteiger partial charge in [0.15, 0.2) is 5.82 Å². The van der Waals surface area contributed by atoms with E-state index in [4.69, 9.17) is 5.73 Å². The minimum Gasteiger partial charge on any atom is -0.330 e. The summed E-state index contributed by atoms with van der Waals surface area (Å²) in [5, 5.41) is 5.66. The van der Waals surface area contributed by atoms with E-state index in [2.05, 4.69) is 10.1 Å². The lowest BCUT2D eigenvalue weighted by Gasteiger charge is -2.12. The number of nitrogens with two attached hydrogens (primary N) is 1.